The highest BCUT2D eigenvalue weighted by Crippen LogP contribution is 2.40. The fourth-order valence-corrected chi connectivity index (χ4v) is 1.41. The normalized spacial score (nSPS) is 12.3. The molecule has 0 fully saturated rings. The summed E-state index contributed by atoms with van der Waals surface area (Å²) < 4.78 is 38.4. The van der Waals surface area contributed by atoms with E-state index in [2.05, 4.69) is 0 Å². The van der Waals surface area contributed by atoms with Gasteiger partial charge in [-0.2, -0.15) is 13.2 Å². The van der Waals surface area contributed by atoms with Crippen LogP contribution in [0.5, 0.6) is 0 Å². The SMILES string of the molecule is CC(=O)C(=O)c1ccc(C(C)(C)C(F)(F)F)cc1. The van der Waals surface area contributed by atoms with Crippen molar-refractivity contribution in [3.8, 4) is 0 Å². The molecule has 0 aromatic heterocycles. The van der Waals surface area contributed by atoms with Gasteiger partial charge >= 0.3 is 6.18 Å². The molecule has 1 rings (SSSR count). The Bertz CT molecular complexity index is 470. The minimum Gasteiger partial charge on any atom is -0.291 e. The van der Waals surface area contributed by atoms with E-state index in [1.807, 2.05) is 0 Å². The second kappa shape index (κ2) is 4.55. The second-order valence-electron chi connectivity index (χ2n) is 4.59. The molecule has 2 nitrogen and oxygen atoms in total. The van der Waals surface area contributed by atoms with E-state index in [1.165, 1.54) is 24.3 Å². The molecule has 1 aromatic carbocycles. The summed E-state index contributed by atoms with van der Waals surface area (Å²) in [4.78, 5) is 22.2. The Morgan fingerprint density at radius 1 is 1.00 bits per heavy atom. The largest absolute Gasteiger partial charge is 0.397 e. The first-order chi connectivity index (χ1) is 8.07. The van der Waals surface area contributed by atoms with Crippen LogP contribution in [0.15, 0.2) is 24.3 Å². The highest BCUT2D eigenvalue weighted by atomic mass is 19.4. The van der Waals surface area contributed by atoms with Crippen LogP contribution in [0.2, 0.25) is 0 Å². The van der Waals surface area contributed by atoms with E-state index in [1.54, 1.807) is 0 Å². The van der Waals surface area contributed by atoms with Crippen molar-refractivity contribution in [2.75, 3.05) is 0 Å². The van der Waals surface area contributed by atoms with Crippen LogP contribution in [-0.4, -0.2) is 17.7 Å². The number of hydrogen-bond donors (Lipinski definition) is 0. The lowest BCUT2D eigenvalue weighted by atomic mass is 9.83. The maximum absolute atomic E-state index is 12.8. The lowest BCUT2D eigenvalue weighted by molar-refractivity contribution is -0.180. The van der Waals surface area contributed by atoms with Crippen LogP contribution in [0.3, 0.4) is 0 Å². The minimum atomic E-state index is -4.38. The quantitative estimate of drug-likeness (QED) is 0.615. The zero-order chi connectivity index (χ0) is 14.1. The molecule has 0 radical (unpaired) electrons. The van der Waals surface area contributed by atoms with Crippen LogP contribution in [0, 0.1) is 0 Å². The van der Waals surface area contributed by atoms with Crippen LogP contribution in [0.25, 0.3) is 0 Å². The molecule has 5 heteroatoms. The average Bonchev–Trinajstić information content (AvgIpc) is 2.26. The fraction of sp³-hybridized carbons (Fsp3) is 0.385. The van der Waals surface area contributed by atoms with Gasteiger partial charge in [0.25, 0.3) is 0 Å². The Labute approximate surface area is 103 Å². The molecule has 0 unspecified atom stereocenters. The van der Waals surface area contributed by atoms with Gasteiger partial charge < -0.3 is 0 Å². The summed E-state index contributed by atoms with van der Waals surface area (Å²) in [5.41, 5.74) is -1.84. The molecule has 0 saturated heterocycles. The van der Waals surface area contributed by atoms with Gasteiger partial charge in [-0.15, -0.1) is 0 Å². The number of carbonyl (C=O) groups excluding carboxylic acids is 2. The van der Waals surface area contributed by atoms with Gasteiger partial charge in [-0.05, 0) is 19.4 Å². The number of benzene rings is 1. The first-order valence-corrected chi connectivity index (χ1v) is 5.30. The molecule has 18 heavy (non-hydrogen) atoms. The van der Waals surface area contributed by atoms with Crippen molar-refractivity contribution >= 4 is 11.6 Å². The number of Topliss-reactive ketones (excluding diaryl/α,β-unsaturated/α-hetero) is 2. The van der Waals surface area contributed by atoms with E-state index in [0.717, 1.165) is 20.8 Å². The van der Waals surface area contributed by atoms with Gasteiger partial charge in [0.2, 0.25) is 5.78 Å². The summed E-state index contributed by atoms with van der Waals surface area (Å²) in [7, 11) is 0. The predicted molar refractivity (Wildman–Crippen MR) is 60.5 cm³/mol. The Hall–Kier alpha value is -1.65. The van der Waals surface area contributed by atoms with E-state index in [0.29, 0.717) is 0 Å². The third kappa shape index (κ3) is 2.60. The van der Waals surface area contributed by atoms with Gasteiger partial charge in [0.1, 0.15) is 0 Å². The van der Waals surface area contributed by atoms with E-state index in [-0.39, 0.29) is 11.1 Å². The highest BCUT2D eigenvalue weighted by molar-refractivity contribution is 6.42. The first kappa shape index (κ1) is 14.4. The van der Waals surface area contributed by atoms with Gasteiger partial charge in [-0.3, -0.25) is 9.59 Å². The Balaban J connectivity index is 3.11. The van der Waals surface area contributed by atoms with Crippen molar-refractivity contribution in [3.63, 3.8) is 0 Å². The Kier molecular flexibility index (Phi) is 3.64. The van der Waals surface area contributed by atoms with E-state index < -0.39 is 23.2 Å². The molecule has 0 aliphatic carbocycles. The van der Waals surface area contributed by atoms with Crippen LogP contribution in [0.1, 0.15) is 36.7 Å². The van der Waals surface area contributed by atoms with Crippen LogP contribution in [-0.2, 0) is 10.2 Å². The second-order valence-corrected chi connectivity index (χ2v) is 4.59. The summed E-state index contributed by atoms with van der Waals surface area (Å²) in [5.74, 6) is -1.34. The molecule has 98 valence electrons. The summed E-state index contributed by atoms with van der Waals surface area (Å²) in [6.07, 6.45) is -4.38. The zero-order valence-electron chi connectivity index (χ0n) is 10.3. The summed E-state index contributed by atoms with van der Waals surface area (Å²) >= 11 is 0. The van der Waals surface area contributed by atoms with Crippen LogP contribution in [0.4, 0.5) is 13.2 Å². The van der Waals surface area contributed by atoms with Crippen LogP contribution < -0.4 is 0 Å². The summed E-state index contributed by atoms with van der Waals surface area (Å²) in [6, 6.07) is 4.94. The fourth-order valence-electron chi connectivity index (χ4n) is 1.41. The van der Waals surface area contributed by atoms with Crippen molar-refractivity contribution < 1.29 is 22.8 Å². The van der Waals surface area contributed by atoms with E-state index in [9.17, 15) is 22.8 Å². The van der Waals surface area contributed by atoms with Gasteiger partial charge in [0.05, 0.1) is 5.41 Å². The molecule has 0 bridgehead atoms. The van der Waals surface area contributed by atoms with E-state index >= 15 is 0 Å². The molecule has 0 saturated carbocycles. The molecular formula is C13H13F3O2. The van der Waals surface area contributed by atoms with Crippen molar-refractivity contribution in [2.45, 2.75) is 32.4 Å². The van der Waals surface area contributed by atoms with Gasteiger partial charge in [0, 0.05) is 12.5 Å². The maximum atomic E-state index is 12.8. The number of ketones is 2. The van der Waals surface area contributed by atoms with Gasteiger partial charge in [-0.1, -0.05) is 24.3 Å². The average molecular weight is 258 g/mol. The number of halogens is 3. The van der Waals surface area contributed by atoms with Crippen molar-refractivity contribution in [1.82, 2.24) is 0 Å². The van der Waals surface area contributed by atoms with E-state index in [4.69, 9.17) is 0 Å². The third-order valence-corrected chi connectivity index (χ3v) is 2.90. The number of hydrogen-bond acceptors (Lipinski definition) is 2. The molecular weight excluding hydrogens is 245 g/mol. The molecule has 0 N–H and O–H groups in total. The number of rotatable bonds is 3. The predicted octanol–water partition coefficient (Wildman–Crippen LogP) is 3.30. The molecule has 0 aliphatic heterocycles. The Morgan fingerprint density at radius 3 is 1.78 bits per heavy atom. The van der Waals surface area contributed by atoms with Crippen molar-refractivity contribution in [3.05, 3.63) is 35.4 Å². The number of carbonyl (C=O) groups is 2. The number of alkyl halides is 3. The molecule has 0 heterocycles. The molecule has 0 aliphatic rings. The summed E-state index contributed by atoms with van der Waals surface area (Å²) in [5, 5.41) is 0. The van der Waals surface area contributed by atoms with Gasteiger partial charge in [0.15, 0.2) is 5.78 Å². The highest BCUT2D eigenvalue weighted by Gasteiger charge is 2.48. The van der Waals surface area contributed by atoms with Crippen LogP contribution >= 0.6 is 0 Å². The first-order valence-electron chi connectivity index (χ1n) is 5.30. The molecule has 0 spiro atoms. The van der Waals surface area contributed by atoms with Gasteiger partial charge in [-0.25, -0.2) is 0 Å². The third-order valence-electron chi connectivity index (χ3n) is 2.90. The van der Waals surface area contributed by atoms with Crippen molar-refractivity contribution in [2.24, 2.45) is 0 Å². The lowest BCUT2D eigenvalue weighted by Crippen LogP contribution is -2.36. The summed E-state index contributed by atoms with van der Waals surface area (Å²) in [6.45, 7) is 3.25. The topological polar surface area (TPSA) is 34.1 Å². The Morgan fingerprint density at radius 2 is 1.44 bits per heavy atom. The zero-order valence-corrected chi connectivity index (χ0v) is 10.3. The maximum Gasteiger partial charge on any atom is 0.397 e. The standard InChI is InChI=1S/C13H13F3O2/c1-8(17)11(18)9-4-6-10(7-5-9)12(2,3)13(14,15)16/h4-7H,1-3H3. The molecule has 0 atom stereocenters. The monoisotopic (exact) mass is 258 g/mol. The molecule has 0 amide bonds. The minimum absolute atomic E-state index is 0.0510. The lowest BCUT2D eigenvalue weighted by Gasteiger charge is -2.28. The molecule has 1 aromatic rings. The van der Waals surface area contributed by atoms with Crippen molar-refractivity contribution in [1.29, 1.82) is 0 Å². The smallest absolute Gasteiger partial charge is 0.291 e.